The highest BCUT2D eigenvalue weighted by molar-refractivity contribution is 8.00. The van der Waals surface area contributed by atoms with Gasteiger partial charge in [0.15, 0.2) is 0 Å². The topological polar surface area (TPSA) is 0 Å². The van der Waals surface area contributed by atoms with Crippen LogP contribution in [0.15, 0.2) is 0 Å². The Bertz CT molecular complexity index is 155. The molecule has 2 aliphatic rings. The van der Waals surface area contributed by atoms with Gasteiger partial charge in [0.2, 0.25) is 0 Å². The van der Waals surface area contributed by atoms with Gasteiger partial charge in [0.05, 0.1) is 0 Å². The quantitative estimate of drug-likeness (QED) is 0.553. The summed E-state index contributed by atoms with van der Waals surface area (Å²) in [7, 11) is 0. The van der Waals surface area contributed by atoms with Crippen LogP contribution in [-0.2, 0) is 0 Å². The zero-order valence-corrected chi connectivity index (χ0v) is 9.07. The van der Waals surface area contributed by atoms with E-state index in [0.29, 0.717) is 0 Å². The largest absolute Gasteiger partial charge is 0.155 e. The Balaban J connectivity index is 2.01. The molecule has 1 heterocycles. The van der Waals surface area contributed by atoms with Crippen LogP contribution >= 0.6 is 11.8 Å². The zero-order valence-electron chi connectivity index (χ0n) is 8.25. The van der Waals surface area contributed by atoms with Crippen molar-refractivity contribution in [2.75, 3.05) is 0 Å². The van der Waals surface area contributed by atoms with Gasteiger partial charge in [-0.25, -0.2) is 0 Å². The van der Waals surface area contributed by atoms with Gasteiger partial charge < -0.3 is 0 Å². The van der Waals surface area contributed by atoms with Crippen molar-refractivity contribution in [1.29, 1.82) is 0 Å². The summed E-state index contributed by atoms with van der Waals surface area (Å²) in [5, 5.41) is 1.87. The average molecular weight is 184 g/mol. The highest BCUT2D eigenvalue weighted by Gasteiger charge is 2.35. The van der Waals surface area contributed by atoms with Crippen LogP contribution < -0.4 is 0 Å². The van der Waals surface area contributed by atoms with Gasteiger partial charge in [-0.3, -0.25) is 0 Å². The van der Waals surface area contributed by atoms with E-state index in [-0.39, 0.29) is 0 Å². The van der Waals surface area contributed by atoms with Gasteiger partial charge in [-0.2, -0.15) is 11.8 Å². The third kappa shape index (κ3) is 1.66. The van der Waals surface area contributed by atoms with E-state index in [1.54, 1.807) is 0 Å². The predicted octanol–water partition coefficient (Wildman–Crippen LogP) is 3.71. The molecular weight excluding hydrogens is 164 g/mol. The van der Waals surface area contributed by atoms with Crippen LogP contribution in [0.2, 0.25) is 0 Å². The minimum absolute atomic E-state index is 0.930. The van der Waals surface area contributed by atoms with Crippen LogP contribution in [0.4, 0.5) is 0 Å². The predicted molar refractivity (Wildman–Crippen MR) is 56.6 cm³/mol. The molecule has 70 valence electrons. The molecule has 0 aromatic carbocycles. The number of hydrogen-bond acceptors (Lipinski definition) is 1. The highest BCUT2D eigenvalue weighted by atomic mass is 32.2. The van der Waals surface area contributed by atoms with E-state index < -0.39 is 0 Å². The first-order valence-electron chi connectivity index (χ1n) is 5.43. The molecule has 2 fully saturated rings. The van der Waals surface area contributed by atoms with E-state index in [2.05, 4.69) is 25.6 Å². The first kappa shape index (κ1) is 8.93. The second kappa shape index (κ2) is 3.61. The lowest BCUT2D eigenvalue weighted by atomic mass is 9.75. The Labute approximate surface area is 80.5 Å². The van der Waals surface area contributed by atoms with Crippen LogP contribution in [0, 0.1) is 11.8 Å². The Hall–Kier alpha value is 0.350. The molecular formula is C11H20S. The number of thioether (sulfide) groups is 1. The smallest absolute Gasteiger partial charge is 0.00523 e. The summed E-state index contributed by atoms with van der Waals surface area (Å²) in [6.07, 6.45) is 7.55. The maximum Gasteiger partial charge on any atom is 0.00523 e. The molecule has 0 N–H and O–H groups in total. The molecule has 0 aromatic rings. The van der Waals surface area contributed by atoms with E-state index >= 15 is 0 Å². The summed E-state index contributed by atoms with van der Waals surface area (Å²) in [5.41, 5.74) is 0. The van der Waals surface area contributed by atoms with Gasteiger partial charge in [0.1, 0.15) is 0 Å². The van der Waals surface area contributed by atoms with Crippen LogP contribution in [0.25, 0.3) is 0 Å². The number of rotatable bonds is 0. The van der Waals surface area contributed by atoms with Gasteiger partial charge >= 0.3 is 0 Å². The molecule has 4 atom stereocenters. The van der Waals surface area contributed by atoms with Crippen molar-refractivity contribution >= 4 is 11.8 Å². The highest BCUT2D eigenvalue weighted by Crippen LogP contribution is 2.46. The number of hydrogen-bond donors (Lipinski definition) is 0. The Morgan fingerprint density at radius 3 is 2.67 bits per heavy atom. The van der Waals surface area contributed by atoms with Gasteiger partial charge in [-0.1, -0.05) is 33.1 Å². The molecule has 0 nitrogen and oxygen atoms in total. The Kier molecular flexibility index (Phi) is 2.69. The summed E-state index contributed by atoms with van der Waals surface area (Å²) < 4.78 is 0. The van der Waals surface area contributed by atoms with Crippen LogP contribution in [-0.4, -0.2) is 10.5 Å². The molecule has 1 aliphatic heterocycles. The summed E-state index contributed by atoms with van der Waals surface area (Å²) in [6.45, 7) is 4.86. The van der Waals surface area contributed by atoms with Crippen molar-refractivity contribution in [2.45, 2.75) is 56.5 Å². The molecule has 0 aromatic heterocycles. The summed E-state index contributed by atoms with van der Waals surface area (Å²) in [6, 6.07) is 0. The molecule has 1 aliphatic carbocycles. The molecule has 0 bridgehead atoms. The Morgan fingerprint density at radius 1 is 1.08 bits per heavy atom. The average Bonchev–Trinajstić information content (AvgIpc) is 2.04. The second-order valence-corrected chi connectivity index (χ2v) is 6.42. The third-order valence-electron chi connectivity index (χ3n) is 3.65. The van der Waals surface area contributed by atoms with E-state index in [1.165, 1.54) is 32.1 Å². The van der Waals surface area contributed by atoms with Crippen molar-refractivity contribution in [3.8, 4) is 0 Å². The van der Waals surface area contributed by atoms with E-state index in [9.17, 15) is 0 Å². The summed E-state index contributed by atoms with van der Waals surface area (Å²) >= 11 is 2.23. The number of fused-ring (bicyclic) bond motifs is 1. The summed E-state index contributed by atoms with van der Waals surface area (Å²) in [4.78, 5) is 0. The lowest BCUT2D eigenvalue weighted by molar-refractivity contribution is 0.214. The van der Waals surface area contributed by atoms with Crippen molar-refractivity contribution in [1.82, 2.24) is 0 Å². The second-order valence-electron chi connectivity index (χ2n) is 4.60. The van der Waals surface area contributed by atoms with Crippen molar-refractivity contribution in [2.24, 2.45) is 11.8 Å². The molecule has 1 saturated carbocycles. The van der Waals surface area contributed by atoms with Gasteiger partial charge in [0, 0.05) is 10.5 Å². The molecule has 2 rings (SSSR count). The zero-order chi connectivity index (χ0) is 8.55. The fourth-order valence-electron chi connectivity index (χ4n) is 3.10. The van der Waals surface area contributed by atoms with Crippen molar-refractivity contribution in [3.63, 3.8) is 0 Å². The lowest BCUT2D eigenvalue weighted by Gasteiger charge is -2.42. The minimum Gasteiger partial charge on any atom is -0.155 e. The first-order chi connectivity index (χ1) is 5.77. The fourth-order valence-corrected chi connectivity index (χ4v) is 4.75. The van der Waals surface area contributed by atoms with Gasteiger partial charge in [-0.05, 0) is 24.7 Å². The van der Waals surface area contributed by atoms with Crippen LogP contribution in [0.5, 0.6) is 0 Å². The normalized spacial score (nSPS) is 48.5. The first-order valence-corrected chi connectivity index (χ1v) is 6.37. The molecule has 0 radical (unpaired) electrons. The standard InChI is InChI=1S/C11H20S/c1-8-7-10-5-3-4-6-11(10)9(2)12-8/h8-11H,3-7H2,1-2H3. The maximum absolute atomic E-state index is 2.45. The SMILES string of the molecule is CC1CC2CCCCC2C(C)S1. The molecule has 12 heavy (non-hydrogen) atoms. The van der Waals surface area contributed by atoms with Crippen molar-refractivity contribution < 1.29 is 0 Å². The molecule has 1 saturated heterocycles. The fraction of sp³-hybridized carbons (Fsp3) is 1.00. The maximum atomic E-state index is 2.45. The van der Waals surface area contributed by atoms with Crippen LogP contribution in [0.1, 0.15) is 46.0 Å². The minimum atomic E-state index is 0.930. The molecule has 1 heteroatoms. The Morgan fingerprint density at radius 2 is 1.83 bits per heavy atom. The van der Waals surface area contributed by atoms with Crippen molar-refractivity contribution in [3.05, 3.63) is 0 Å². The molecule has 0 spiro atoms. The van der Waals surface area contributed by atoms with E-state index in [0.717, 1.165) is 22.3 Å². The summed E-state index contributed by atoms with van der Waals surface area (Å²) in [5.74, 6) is 2.16. The monoisotopic (exact) mass is 184 g/mol. The van der Waals surface area contributed by atoms with E-state index in [4.69, 9.17) is 0 Å². The third-order valence-corrected chi connectivity index (χ3v) is 5.09. The van der Waals surface area contributed by atoms with Gasteiger partial charge in [-0.15, -0.1) is 0 Å². The van der Waals surface area contributed by atoms with E-state index in [1.807, 2.05) is 0 Å². The lowest BCUT2D eigenvalue weighted by Crippen LogP contribution is -2.34. The van der Waals surface area contributed by atoms with Gasteiger partial charge in [0.25, 0.3) is 0 Å². The molecule has 0 amide bonds. The molecule has 4 unspecified atom stereocenters. The van der Waals surface area contributed by atoms with Crippen LogP contribution in [0.3, 0.4) is 0 Å².